The van der Waals surface area contributed by atoms with Crippen molar-refractivity contribution in [2.45, 2.75) is 25.8 Å². The number of rotatable bonds is 2. The van der Waals surface area contributed by atoms with Crippen molar-refractivity contribution in [2.24, 2.45) is 0 Å². The highest BCUT2D eigenvalue weighted by Crippen LogP contribution is 2.19. The average Bonchev–Trinajstić information content (AvgIpc) is 2.41. The minimum absolute atomic E-state index is 0. The summed E-state index contributed by atoms with van der Waals surface area (Å²) in [7, 11) is 4.15. The SMILES string of the molecule is Cc1ccc(N)cc1C(=O)N1CCCC(N(C)C)C1.Cl.Cl. The molecule has 1 amide bonds. The van der Waals surface area contributed by atoms with E-state index in [2.05, 4.69) is 19.0 Å². The van der Waals surface area contributed by atoms with Gasteiger partial charge in [-0.3, -0.25) is 4.79 Å². The number of hydrogen-bond acceptors (Lipinski definition) is 3. The predicted octanol–water partition coefficient (Wildman–Crippen LogP) is 2.59. The Morgan fingerprint density at radius 1 is 1.33 bits per heavy atom. The number of aryl methyl sites for hydroxylation is 1. The van der Waals surface area contributed by atoms with E-state index in [0.29, 0.717) is 11.7 Å². The van der Waals surface area contributed by atoms with Gasteiger partial charge in [-0.05, 0) is 51.6 Å². The smallest absolute Gasteiger partial charge is 0.254 e. The molecule has 0 spiro atoms. The third kappa shape index (κ3) is 4.77. The second-order valence-corrected chi connectivity index (χ2v) is 5.59. The van der Waals surface area contributed by atoms with Crippen LogP contribution in [-0.2, 0) is 0 Å². The maximum atomic E-state index is 12.6. The number of hydrogen-bond donors (Lipinski definition) is 1. The molecule has 0 radical (unpaired) electrons. The molecule has 120 valence electrons. The van der Waals surface area contributed by atoms with Crippen LogP contribution in [0.1, 0.15) is 28.8 Å². The molecule has 1 saturated heterocycles. The van der Waals surface area contributed by atoms with Gasteiger partial charge in [0.05, 0.1) is 0 Å². The van der Waals surface area contributed by atoms with E-state index in [4.69, 9.17) is 5.73 Å². The molecule has 1 aromatic rings. The van der Waals surface area contributed by atoms with Crippen LogP contribution in [0.4, 0.5) is 5.69 Å². The van der Waals surface area contributed by atoms with E-state index < -0.39 is 0 Å². The molecule has 2 rings (SSSR count). The van der Waals surface area contributed by atoms with Gasteiger partial charge in [-0.25, -0.2) is 0 Å². The lowest BCUT2D eigenvalue weighted by Gasteiger charge is -2.36. The number of nitrogens with two attached hydrogens (primary N) is 1. The second-order valence-electron chi connectivity index (χ2n) is 5.59. The number of carbonyl (C=O) groups excluding carboxylic acids is 1. The van der Waals surface area contributed by atoms with Crippen molar-refractivity contribution in [1.29, 1.82) is 0 Å². The van der Waals surface area contributed by atoms with Crippen LogP contribution in [0.15, 0.2) is 18.2 Å². The molecule has 6 heteroatoms. The molecule has 0 saturated carbocycles. The number of carbonyl (C=O) groups is 1. The minimum atomic E-state index is 0. The Morgan fingerprint density at radius 3 is 2.62 bits per heavy atom. The van der Waals surface area contributed by atoms with Gasteiger partial charge in [-0.15, -0.1) is 24.8 Å². The normalized spacial score (nSPS) is 17.9. The number of halogens is 2. The molecule has 0 aliphatic carbocycles. The minimum Gasteiger partial charge on any atom is -0.399 e. The van der Waals surface area contributed by atoms with Crippen molar-refractivity contribution in [3.8, 4) is 0 Å². The molecule has 2 N–H and O–H groups in total. The number of piperidine rings is 1. The van der Waals surface area contributed by atoms with E-state index in [1.807, 2.05) is 24.0 Å². The fraction of sp³-hybridized carbons (Fsp3) is 0.533. The lowest BCUT2D eigenvalue weighted by atomic mass is 10.0. The Labute approximate surface area is 139 Å². The van der Waals surface area contributed by atoms with Crippen molar-refractivity contribution in [3.63, 3.8) is 0 Å². The standard InChI is InChI=1S/C15H23N3O.2ClH/c1-11-6-7-12(16)9-14(11)15(19)18-8-4-5-13(10-18)17(2)3;;/h6-7,9,13H,4-5,8,10,16H2,1-3H3;2*1H. The summed E-state index contributed by atoms with van der Waals surface area (Å²) in [5.74, 6) is 0.108. The maximum Gasteiger partial charge on any atom is 0.254 e. The van der Waals surface area contributed by atoms with Crippen LogP contribution in [0.25, 0.3) is 0 Å². The highest BCUT2D eigenvalue weighted by atomic mass is 35.5. The zero-order valence-corrected chi connectivity index (χ0v) is 14.5. The maximum absolute atomic E-state index is 12.6. The highest BCUT2D eigenvalue weighted by molar-refractivity contribution is 5.96. The van der Waals surface area contributed by atoms with Crippen LogP contribution in [0.2, 0.25) is 0 Å². The number of anilines is 1. The van der Waals surface area contributed by atoms with Crippen LogP contribution in [-0.4, -0.2) is 48.9 Å². The first-order valence-corrected chi connectivity index (χ1v) is 6.81. The molecule has 1 aliphatic heterocycles. The van der Waals surface area contributed by atoms with Gasteiger partial charge in [0.1, 0.15) is 0 Å². The zero-order chi connectivity index (χ0) is 14.0. The quantitative estimate of drug-likeness (QED) is 0.846. The number of likely N-dealkylation sites (tertiary alicyclic amines) is 1. The fourth-order valence-electron chi connectivity index (χ4n) is 2.60. The number of nitrogen functional groups attached to an aromatic ring is 1. The highest BCUT2D eigenvalue weighted by Gasteiger charge is 2.26. The first-order chi connectivity index (χ1) is 8.99. The van der Waals surface area contributed by atoms with Gasteiger partial charge < -0.3 is 15.5 Å². The molecule has 1 aliphatic rings. The van der Waals surface area contributed by atoms with Crippen LogP contribution in [0, 0.1) is 6.92 Å². The number of benzene rings is 1. The van der Waals surface area contributed by atoms with Crippen molar-refractivity contribution in [3.05, 3.63) is 29.3 Å². The first kappa shape index (κ1) is 20.0. The Balaban J connectivity index is 0.00000200. The fourth-order valence-corrected chi connectivity index (χ4v) is 2.60. The van der Waals surface area contributed by atoms with Gasteiger partial charge >= 0.3 is 0 Å². The van der Waals surface area contributed by atoms with Crippen molar-refractivity contribution in [2.75, 3.05) is 32.9 Å². The lowest BCUT2D eigenvalue weighted by Crippen LogP contribution is -2.47. The summed E-state index contributed by atoms with van der Waals surface area (Å²) in [6, 6.07) is 6.00. The molecule has 0 bridgehead atoms. The number of likely N-dealkylation sites (N-methyl/N-ethyl adjacent to an activating group) is 1. The van der Waals surface area contributed by atoms with Crippen LogP contribution in [0.5, 0.6) is 0 Å². The van der Waals surface area contributed by atoms with Crippen LogP contribution >= 0.6 is 24.8 Å². The summed E-state index contributed by atoms with van der Waals surface area (Å²) < 4.78 is 0. The van der Waals surface area contributed by atoms with E-state index in [9.17, 15) is 4.79 Å². The third-order valence-corrected chi connectivity index (χ3v) is 3.91. The second kappa shape index (κ2) is 8.47. The van der Waals surface area contributed by atoms with Gasteiger partial charge in [0.15, 0.2) is 0 Å². The van der Waals surface area contributed by atoms with E-state index in [1.165, 1.54) is 0 Å². The number of amides is 1. The molecule has 1 unspecified atom stereocenters. The lowest BCUT2D eigenvalue weighted by molar-refractivity contribution is 0.0634. The Morgan fingerprint density at radius 2 is 2.00 bits per heavy atom. The molecule has 1 atom stereocenters. The van der Waals surface area contributed by atoms with Crippen molar-refractivity contribution >= 4 is 36.4 Å². The largest absolute Gasteiger partial charge is 0.399 e. The van der Waals surface area contributed by atoms with E-state index in [-0.39, 0.29) is 30.7 Å². The zero-order valence-electron chi connectivity index (χ0n) is 12.8. The van der Waals surface area contributed by atoms with Gasteiger partial charge in [0.2, 0.25) is 0 Å². The first-order valence-electron chi connectivity index (χ1n) is 6.81. The molecule has 21 heavy (non-hydrogen) atoms. The van der Waals surface area contributed by atoms with Crippen LogP contribution < -0.4 is 5.73 Å². The van der Waals surface area contributed by atoms with Gasteiger partial charge in [0, 0.05) is 30.4 Å². The average molecular weight is 334 g/mol. The topological polar surface area (TPSA) is 49.6 Å². The summed E-state index contributed by atoms with van der Waals surface area (Å²) in [6.07, 6.45) is 2.22. The van der Waals surface area contributed by atoms with Crippen molar-refractivity contribution in [1.82, 2.24) is 9.80 Å². The van der Waals surface area contributed by atoms with Crippen LogP contribution in [0.3, 0.4) is 0 Å². The summed E-state index contributed by atoms with van der Waals surface area (Å²) in [4.78, 5) is 16.7. The monoisotopic (exact) mass is 333 g/mol. The molecule has 1 aromatic carbocycles. The summed E-state index contributed by atoms with van der Waals surface area (Å²) in [5.41, 5.74) is 8.17. The Hall–Kier alpha value is -0.970. The molecule has 4 nitrogen and oxygen atoms in total. The predicted molar refractivity (Wildman–Crippen MR) is 92.7 cm³/mol. The van der Waals surface area contributed by atoms with E-state index >= 15 is 0 Å². The third-order valence-electron chi connectivity index (χ3n) is 3.91. The van der Waals surface area contributed by atoms with Gasteiger partial charge in [-0.2, -0.15) is 0 Å². The number of nitrogens with zero attached hydrogens (tertiary/aromatic N) is 2. The van der Waals surface area contributed by atoms with Crippen molar-refractivity contribution < 1.29 is 4.79 Å². The summed E-state index contributed by atoms with van der Waals surface area (Å²) >= 11 is 0. The molecule has 1 heterocycles. The van der Waals surface area contributed by atoms with E-state index in [0.717, 1.165) is 37.1 Å². The molecule has 0 aromatic heterocycles. The summed E-state index contributed by atoms with van der Waals surface area (Å²) in [6.45, 7) is 3.61. The Kier molecular flexibility index (Phi) is 8.08. The molecular weight excluding hydrogens is 309 g/mol. The Bertz CT molecular complexity index is 480. The van der Waals surface area contributed by atoms with Gasteiger partial charge in [0.25, 0.3) is 5.91 Å². The summed E-state index contributed by atoms with van der Waals surface area (Å²) in [5, 5.41) is 0. The molecular formula is C15H25Cl2N3O. The molecule has 1 fully saturated rings. The van der Waals surface area contributed by atoms with Gasteiger partial charge in [-0.1, -0.05) is 6.07 Å². The van der Waals surface area contributed by atoms with E-state index in [1.54, 1.807) is 6.07 Å².